The number of carboxylic acid groups (broad SMARTS) is 1. The van der Waals surface area contributed by atoms with E-state index in [1.54, 1.807) is 25.7 Å². The maximum atomic E-state index is 12.0. The van der Waals surface area contributed by atoms with Crippen LogP contribution < -0.4 is 5.73 Å². The Morgan fingerprint density at radius 2 is 2.11 bits per heavy atom. The van der Waals surface area contributed by atoms with Crippen molar-refractivity contribution >= 4 is 12.1 Å². The van der Waals surface area contributed by atoms with Gasteiger partial charge in [0.15, 0.2) is 0 Å². The first-order valence-electron chi connectivity index (χ1n) is 6.17. The molecule has 2 unspecified atom stereocenters. The average molecular weight is 258 g/mol. The van der Waals surface area contributed by atoms with E-state index >= 15 is 0 Å². The molecule has 0 saturated carbocycles. The molecule has 0 bridgehead atoms. The molecule has 3 N–H and O–H groups in total. The van der Waals surface area contributed by atoms with Crippen LogP contribution in [0, 0.1) is 0 Å². The van der Waals surface area contributed by atoms with E-state index < -0.39 is 23.7 Å². The first kappa shape index (κ1) is 14.8. The second-order valence-electron chi connectivity index (χ2n) is 5.65. The van der Waals surface area contributed by atoms with Crippen LogP contribution in [0.3, 0.4) is 0 Å². The zero-order valence-corrected chi connectivity index (χ0v) is 11.2. The van der Waals surface area contributed by atoms with Crippen LogP contribution in [-0.4, -0.2) is 46.3 Å². The molecule has 1 amide bonds. The summed E-state index contributed by atoms with van der Waals surface area (Å²) in [4.78, 5) is 24.2. The third-order valence-corrected chi connectivity index (χ3v) is 2.83. The summed E-state index contributed by atoms with van der Waals surface area (Å²) in [5.74, 6) is -0.946. The molecule has 104 valence electrons. The molecular formula is C12H22N2O4. The van der Waals surface area contributed by atoms with E-state index in [9.17, 15) is 9.59 Å². The Morgan fingerprint density at radius 1 is 1.50 bits per heavy atom. The van der Waals surface area contributed by atoms with Crippen LogP contribution >= 0.6 is 0 Å². The van der Waals surface area contributed by atoms with E-state index in [1.165, 1.54) is 0 Å². The first-order valence-corrected chi connectivity index (χ1v) is 6.17. The number of rotatable bonds is 3. The maximum Gasteiger partial charge on any atom is 0.410 e. The largest absolute Gasteiger partial charge is 0.481 e. The quantitative estimate of drug-likeness (QED) is 0.793. The molecule has 6 heteroatoms. The number of nitrogens with two attached hydrogens (primary N) is 1. The van der Waals surface area contributed by atoms with Crippen LogP contribution in [-0.2, 0) is 9.53 Å². The average Bonchev–Trinajstić information content (AvgIpc) is 2.61. The zero-order valence-electron chi connectivity index (χ0n) is 11.2. The number of nitrogens with zero attached hydrogens (tertiary/aromatic N) is 1. The topological polar surface area (TPSA) is 92.9 Å². The monoisotopic (exact) mass is 258 g/mol. The Bertz CT molecular complexity index is 325. The molecule has 18 heavy (non-hydrogen) atoms. The summed E-state index contributed by atoms with van der Waals surface area (Å²) in [6.07, 6.45) is 1.01. The molecule has 0 aromatic carbocycles. The summed E-state index contributed by atoms with van der Waals surface area (Å²) >= 11 is 0. The highest BCUT2D eigenvalue weighted by Gasteiger charge is 2.36. The molecule has 0 spiro atoms. The summed E-state index contributed by atoms with van der Waals surface area (Å²) < 4.78 is 5.29. The highest BCUT2D eigenvalue weighted by molar-refractivity contribution is 5.70. The van der Waals surface area contributed by atoms with Crippen molar-refractivity contribution in [3.8, 4) is 0 Å². The SMILES string of the molecule is CC(C)(C)OC(=O)N1CCCC1C(N)CC(=O)O. The summed E-state index contributed by atoms with van der Waals surface area (Å²) in [6, 6.07) is -0.784. The molecule has 0 aromatic heterocycles. The fourth-order valence-corrected chi connectivity index (χ4v) is 2.12. The number of carboxylic acids is 1. The molecule has 1 rings (SSSR count). The second-order valence-corrected chi connectivity index (χ2v) is 5.65. The Hall–Kier alpha value is -1.30. The third kappa shape index (κ3) is 4.18. The van der Waals surface area contributed by atoms with Gasteiger partial charge in [-0.2, -0.15) is 0 Å². The van der Waals surface area contributed by atoms with Gasteiger partial charge in [0, 0.05) is 12.6 Å². The number of amides is 1. The van der Waals surface area contributed by atoms with Gasteiger partial charge in [-0.25, -0.2) is 4.79 Å². The highest BCUT2D eigenvalue weighted by atomic mass is 16.6. The fraction of sp³-hybridized carbons (Fsp3) is 0.833. The molecule has 1 saturated heterocycles. The van der Waals surface area contributed by atoms with Crippen molar-refractivity contribution in [1.29, 1.82) is 0 Å². The number of hydrogen-bond acceptors (Lipinski definition) is 4. The maximum absolute atomic E-state index is 12.0. The van der Waals surface area contributed by atoms with Gasteiger partial charge >= 0.3 is 12.1 Å². The van der Waals surface area contributed by atoms with Gasteiger partial charge in [0.2, 0.25) is 0 Å². The van der Waals surface area contributed by atoms with E-state index in [0.29, 0.717) is 6.54 Å². The van der Waals surface area contributed by atoms with Crippen molar-refractivity contribution in [2.24, 2.45) is 5.73 Å². The lowest BCUT2D eigenvalue weighted by molar-refractivity contribution is -0.137. The van der Waals surface area contributed by atoms with Gasteiger partial charge in [0.05, 0.1) is 12.5 Å². The summed E-state index contributed by atoms with van der Waals surface area (Å²) in [5.41, 5.74) is 5.29. The normalized spacial score (nSPS) is 21.8. The second kappa shape index (κ2) is 5.56. The molecule has 1 aliphatic rings. The number of hydrogen-bond donors (Lipinski definition) is 2. The molecule has 0 aliphatic carbocycles. The van der Waals surface area contributed by atoms with Gasteiger partial charge in [0.25, 0.3) is 0 Å². The Balaban J connectivity index is 2.64. The van der Waals surface area contributed by atoms with Crippen LogP contribution in [0.2, 0.25) is 0 Å². The molecule has 1 heterocycles. The van der Waals surface area contributed by atoms with E-state index in [4.69, 9.17) is 15.6 Å². The summed E-state index contributed by atoms with van der Waals surface area (Å²) in [7, 11) is 0. The van der Waals surface area contributed by atoms with Crippen LogP contribution in [0.25, 0.3) is 0 Å². The minimum atomic E-state index is -0.946. The lowest BCUT2D eigenvalue weighted by Crippen LogP contribution is -2.49. The van der Waals surface area contributed by atoms with Crippen LogP contribution in [0.4, 0.5) is 4.79 Å². The van der Waals surface area contributed by atoms with E-state index in [2.05, 4.69) is 0 Å². The molecule has 1 fully saturated rings. The van der Waals surface area contributed by atoms with Crippen LogP contribution in [0.1, 0.15) is 40.0 Å². The van der Waals surface area contributed by atoms with Gasteiger partial charge in [-0.1, -0.05) is 0 Å². The van der Waals surface area contributed by atoms with E-state index in [1.807, 2.05) is 0 Å². The highest BCUT2D eigenvalue weighted by Crippen LogP contribution is 2.23. The van der Waals surface area contributed by atoms with Crippen molar-refractivity contribution in [1.82, 2.24) is 4.90 Å². The molecule has 2 atom stereocenters. The van der Waals surface area contributed by atoms with Crippen molar-refractivity contribution in [2.45, 2.75) is 57.7 Å². The van der Waals surface area contributed by atoms with Crippen molar-refractivity contribution in [3.63, 3.8) is 0 Å². The smallest absolute Gasteiger partial charge is 0.410 e. The number of aliphatic carboxylic acids is 1. The number of carbonyl (C=O) groups excluding carboxylic acids is 1. The predicted molar refractivity (Wildman–Crippen MR) is 66.2 cm³/mol. The Morgan fingerprint density at radius 3 is 2.61 bits per heavy atom. The molecular weight excluding hydrogens is 236 g/mol. The minimum Gasteiger partial charge on any atom is -0.481 e. The number of likely N-dealkylation sites (tertiary alicyclic amines) is 1. The van der Waals surface area contributed by atoms with Crippen LogP contribution in [0.5, 0.6) is 0 Å². The van der Waals surface area contributed by atoms with Crippen LogP contribution in [0.15, 0.2) is 0 Å². The van der Waals surface area contributed by atoms with Gasteiger partial charge in [-0.05, 0) is 33.6 Å². The fourth-order valence-electron chi connectivity index (χ4n) is 2.12. The van der Waals surface area contributed by atoms with E-state index in [0.717, 1.165) is 12.8 Å². The zero-order chi connectivity index (χ0) is 13.9. The lowest BCUT2D eigenvalue weighted by atomic mass is 10.0. The van der Waals surface area contributed by atoms with Crippen molar-refractivity contribution in [2.75, 3.05) is 6.54 Å². The van der Waals surface area contributed by atoms with E-state index in [-0.39, 0.29) is 12.5 Å². The van der Waals surface area contributed by atoms with Gasteiger partial charge in [-0.15, -0.1) is 0 Å². The molecule has 0 aromatic rings. The standard InChI is InChI=1S/C12H22N2O4/c1-12(2,3)18-11(17)14-6-4-5-9(14)8(13)7-10(15)16/h8-9H,4-7,13H2,1-3H3,(H,15,16). The van der Waals surface area contributed by atoms with Gasteiger partial charge in [0.1, 0.15) is 5.60 Å². The molecule has 0 radical (unpaired) electrons. The number of carbonyl (C=O) groups is 2. The molecule has 1 aliphatic heterocycles. The predicted octanol–water partition coefficient (Wildman–Crippen LogP) is 1.19. The summed E-state index contributed by atoms with van der Waals surface area (Å²) in [6.45, 7) is 5.97. The Kier molecular flexibility index (Phi) is 4.56. The van der Waals surface area contributed by atoms with Gasteiger partial charge < -0.3 is 20.5 Å². The molecule has 6 nitrogen and oxygen atoms in total. The third-order valence-electron chi connectivity index (χ3n) is 2.83. The van der Waals surface area contributed by atoms with Crippen molar-refractivity contribution < 1.29 is 19.4 Å². The van der Waals surface area contributed by atoms with Crippen molar-refractivity contribution in [3.05, 3.63) is 0 Å². The minimum absolute atomic E-state index is 0.135. The summed E-state index contributed by atoms with van der Waals surface area (Å²) in [5, 5.41) is 8.74. The Labute approximate surface area is 107 Å². The van der Waals surface area contributed by atoms with Gasteiger partial charge in [-0.3, -0.25) is 4.79 Å². The number of ether oxygens (including phenoxy) is 1. The lowest BCUT2D eigenvalue weighted by Gasteiger charge is -2.31. The first-order chi connectivity index (χ1) is 8.20.